The normalized spacial score (nSPS) is 19.2. The fourth-order valence-electron chi connectivity index (χ4n) is 6.57. The van der Waals surface area contributed by atoms with Gasteiger partial charge in [-0.1, -0.05) is 30.3 Å². The van der Waals surface area contributed by atoms with Gasteiger partial charge in [-0.3, -0.25) is 4.79 Å². The fourth-order valence-corrected chi connectivity index (χ4v) is 6.57. The smallest absolute Gasteiger partial charge is 0.419 e. The number of nitrogens with zero attached hydrogens (tertiary/aromatic N) is 1. The number of benzene rings is 3. The molecule has 3 aliphatic rings. The van der Waals surface area contributed by atoms with Gasteiger partial charge in [0.25, 0.3) is 5.91 Å². The van der Waals surface area contributed by atoms with Gasteiger partial charge in [-0.05, 0) is 91.6 Å². The molecule has 2 N–H and O–H groups in total. The van der Waals surface area contributed by atoms with Gasteiger partial charge in [-0.2, -0.15) is 13.2 Å². The summed E-state index contributed by atoms with van der Waals surface area (Å²) in [4.78, 5) is 16.6. The van der Waals surface area contributed by atoms with Crippen molar-refractivity contribution in [3.05, 3.63) is 94.3 Å². The Balaban J connectivity index is 1.14. The minimum absolute atomic E-state index is 0.0522. The number of carbonyl (C=O) groups excluding carboxylic acids is 1. The minimum Gasteiger partial charge on any atom is -0.496 e. The molecule has 0 aromatic heterocycles. The summed E-state index contributed by atoms with van der Waals surface area (Å²) in [5.74, 6) is -0.303. The van der Waals surface area contributed by atoms with Crippen LogP contribution in [0.4, 0.5) is 17.6 Å². The Hall–Kier alpha value is -4.09. The highest BCUT2D eigenvalue weighted by Gasteiger charge is 2.41. The highest BCUT2D eigenvalue weighted by molar-refractivity contribution is 6.03. The Morgan fingerprint density at radius 1 is 0.958 bits per heavy atom. The number of hydrogen-bond donors (Lipinski definition) is 2. The number of fused-ring (bicyclic) bond motifs is 2. The molecule has 2 aliphatic heterocycles. The molecule has 1 saturated heterocycles. The second-order valence-electron chi connectivity index (χ2n) is 12.6. The van der Waals surface area contributed by atoms with Crippen molar-refractivity contribution in [3.63, 3.8) is 0 Å². The summed E-state index contributed by atoms with van der Waals surface area (Å²) in [5.41, 5.74) is 3.54. The molecule has 3 aromatic carbocycles. The summed E-state index contributed by atoms with van der Waals surface area (Å²) in [7, 11) is 1.66. The summed E-state index contributed by atoms with van der Waals surface area (Å²) in [6, 6.07) is 17.1. The van der Waals surface area contributed by atoms with Crippen LogP contribution in [0, 0.1) is 12.7 Å². The zero-order chi connectivity index (χ0) is 33.8. The van der Waals surface area contributed by atoms with Crippen LogP contribution in [-0.4, -0.2) is 62.3 Å². The number of amides is 1. The number of hydrogen-bond acceptors (Lipinski definition) is 6. The largest absolute Gasteiger partial charge is 0.496 e. The number of carbonyl (C=O) groups is 1. The molecule has 3 aromatic rings. The van der Waals surface area contributed by atoms with Crippen LogP contribution in [0.25, 0.3) is 5.57 Å². The second-order valence-corrected chi connectivity index (χ2v) is 12.6. The van der Waals surface area contributed by atoms with E-state index in [1.54, 1.807) is 7.11 Å². The molecule has 2 atom stereocenters. The number of halogens is 4. The molecule has 256 valence electrons. The predicted octanol–water partition coefficient (Wildman–Crippen LogP) is 6.68. The highest BCUT2D eigenvalue weighted by Crippen LogP contribution is 2.38. The van der Waals surface area contributed by atoms with Crippen molar-refractivity contribution in [3.8, 4) is 17.2 Å². The Labute approximate surface area is 278 Å². The van der Waals surface area contributed by atoms with E-state index in [2.05, 4.69) is 16.7 Å². The first kappa shape index (κ1) is 33.8. The molecule has 11 heteroatoms. The molecule has 0 unspecified atom stereocenters. The summed E-state index contributed by atoms with van der Waals surface area (Å²) in [6.45, 7) is 4.42. The Morgan fingerprint density at radius 2 is 1.69 bits per heavy atom. The molecule has 7 nitrogen and oxygen atoms in total. The van der Waals surface area contributed by atoms with Crippen LogP contribution in [0.2, 0.25) is 0 Å². The van der Waals surface area contributed by atoms with Gasteiger partial charge in [0.1, 0.15) is 11.5 Å². The average Bonchev–Trinajstić information content (AvgIpc) is 3.91. The monoisotopic (exact) mass is 667 g/mol. The molecular formula is C37H41F4N3O4. The predicted molar refractivity (Wildman–Crippen MR) is 174 cm³/mol. The molecule has 2 fully saturated rings. The van der Waals surface area contributed by atoms with Crippen LogP contribution in [-0.2, 0) is 17.5 Å². The topological polar surface area (TPSA) is 72.1 Å². The van der Waals surface area contributed by atoms with Crippen LogP contribution in [0.15, 0.2) is 66.2 Å². The molecule has 1 aliphatic carbocycles. The number of piperazine rings is 1. The molecule has 6 rings (SSSR count). The lowest BCUT2D eigenvalue weighted by atomic mass is 9.83. The number of ether oxygens (including phenoxy) is 3. The molecule has 1 amide bonds. The van der Waals surface area contributed by atoms with Crippen molar-refractivity contribution in [2.75, 3.05) is 33.4 Å². The lowest BCUT2D eigenvalue weighted by molar-refractivity contribution is -0.140. The average molecular weight is 668 g/mol. The maximum atomic E-state index is 14.5. The van der Waals surface area contributed by atoms with Crippen LogP contribution in [0.1, 0.15) is 54.4 Å². The van der Waals surface area contributed by atoms with E-state index in [1.165, 1.54) is 6.07 Å². The van der Waals surface area contributed by atoms with Gasteiger partial charge in [-0.15, -0.1) is 0 Å². The zero-order valence-corrected chi connectivity index (χ0v) is 27.2. The molecule has 2 bridgehead atoms. The van der Waals surface area contributed by atoms with E-state index in [4.69, 9.17) is 14.2 Å². The van der Waals surface area contributed by atoms with E-state index in [0.717, 1.165) is 59.0 Å². The van der Waals surface area contributed by atoms with Crippen LogP contribution < -0.4 is 24.8 Å². The van der Waals surface area contributed by atoms with Gasteiger partial charge in [0.15, 0.2) is 11.6 Å². The van der Waals surface area contributed by atoms with Crippen LogP contribution in [0.3, 0.4) is 0 Å². The van der Waals surface area contributed by atoms with Crippen molar-refractivity contribution < 1.29 is 36.6 Å². The second kappa shape index (κ2) is 14.6. The quantitative estimate of drug-likeness (QED) is 0.157. The maximum Gasteiger partial charge on any atom is 0.419 e. The Morgan fingerprint density at radius 3 is 2.44 bits per heavy atom. The SMILES string of the molecule is COc1cccc(CN(C(=O)C2=C(c3cccc(OCCCCOc4cccc(C(F)(F)F)c4F)c3)C[C@@H]3CNC[C@H]2N3)C2CC2)c1C. The van der Waals surface area contributed by atoms with Crippen molar-refractivity contribution >= 4 is 11.5 Å². The summed E-state index contributed by atoms with van der Waals surface area (Å²) in [5, 5.41) is 7.17. The van der Waals surface area contributed by atoms with Crippen LogP contribution in [0.5, 0.6) is 17.2 Å². The van der Waals surface area contributed by atoms with Crippen molar-refractivity contribution in [1.82, 2.24) is 15.5 Å². The highest BCUT2D eigenvalue weighted by atomic mass is 19.4. The molecule has 1 saturated carbocycles. The van der Waals surface area contributed by atoms with E-state index < -0.39 is 23.3 Å². The van der Waals surface area contributed by atoms with E-state index in [-0.39, 0.29) is 30.6 Å². The van der Waals surface area contributed by atoms with Gasteiger partial charge in [0.2, 0.25) is 0 Å². The maximum absolute atomic E-state index is 14.5. The third-order valence-electron chi connectivity index (χ3n) is 9.25. The van der Waals surface area contributed by atoms with E-state index in [0.29, 0.717) is 50.8 Å². The van der Waals surface area contributed by atoms with E-state index in [1.807, 2.05) is 48.2 Å². The number of methoxy groups -OCH3 is 1. The molecule has 2 heterocycles. The van der Waals surface area contributed by atoms with Gasteiger partial charge >= 0.3 is 6.18 Å². The summed E-state index contributed by atoms with van der Waals surface area (Å²) >= 11 is 0. The molecular weight excluding hydrogens is 626 g/mol. The number of nitrogens with one attached hydrogen (secondary N) is 2. The van der Waals surface area contributed by atoms with Crippen molar-refractivity contribution in [2.45, 2.75) is 69.9 Å². The van der Waals surface area contributed by atoms with Crippen molar-refractivity contribution in [1.29, 1.82) is 0 Å². The first-order valence-corrected chi connectivity index (χ1v) is 16.5. The minimum atomic E-state index is -4.79. The van der Waals surface area contributed by atoms with E-state index in [9.17, 15) is 22.4 Å². The Kier molecular flexibility index (Phi) is 10.3. The van der Waals surface area contributed by atoms with Gasteiger partial charge in [0, 0.05) is 37.3 Å². The van der Waals surface area contributed by atoms with Crippen molar-refractivity contribution in [2.24, 2.45) is 0 Å². The lowest BCUT2D eigenvalue weighted by Crippen LogP contribution is -2.60. The molecule has 48 heavy (non-hydrogen) atoms. The van der Waals surface area contributed by atoms with Gasteiger partial charge in [0.05, 0.1) is 31.9 Å². The van der Waals surface area contributed by atoms with E-state index >= 15 is 0 Å². The summed E-state index contributed by atoms with van der Waals surface area (Å²) < 4.78 is 70.1. The standard InChI is InChI=1S/C37H41F4N3O4/c1-23-25(9-6-12-32(23)46-2)22-44(27-14-15-27)36(45)34-29(19-26-20-42-21-31(34)43-26)24-8-5-10-28(18-24)47-16-3-4-17-48-33-13-7-11-30(35(33)38)37(39,40)41/h5-13,18,26-27,31,42-43H,3-4,14-17,19-22H2,1-2H3/t26-,31-/m1/s1. The summed E-state index contributed by atoms with van der Waals surface area (Å²) in [6.07, 6.45) is -1.10. The number of unbranched alkanes of at least 4 members (excludes halogenated alkanes) is 1. The zero-order valence-electron chi connectivity index (χ0n) is 27.2. The first-order chi connectivity index (χ1) is 23.1. The third-order valence-corrected chi connectivity index (χ3v) is 9.25. The Bertz CT molecular complexity index is 1660. The first-order valence-electron chi connectivity index (χ1n) is 16.5. The molecule has 0 radical (unpaired) electrons. The lowest BCUT2D eigenvalue weighted by Gasteiger charge is -2.41. The third kappa shape index (κ3) is 7.63. The van der Waals surface area contributed by atoms with Crippen LogP contribution >= 0.6 is 0 Å². The number of alkyl halides is 3. The number of rotatable bonds is 13. The van der Waals surface area contributed by atoms with Gasteiger partial charge < -0.3 is 29.7 Å². The van der Waals surface area contributed by atoms with Gasteiger partial charge in [-0.25, -0.2) is 4.39 Å². The fraction of sp³-hybridized carbons (Fsp3) is 0.432. The molecule has 0 spiro atoms.